The van der Waals surface area contributed by atoms with Gasteiger partial charge in [-0.05, 0) is 43.2 Å². The topological polar surface area (TPSA) is 58.6 Å². The Labute approximate surface area is 124 Å². The van der Waals surface area contributed by atoms with Crippen molar-refractivity contribution in [3.63, 3.8) is 0 Å². The number of carbonyl (C=O) groups is 1. The first-order valence-corrected chi connectivity index (χ1v) is 6.94. The molecule has 0 spiro atoms. The van der Waals surface area contributed by atoms with E-state index in [2.05, 4.69) is 5.32 Å². The molecule has 0 atom stereocenters. The molecule has 0 aliphatic heterocycles. The van der Waals surface area contributed by atoms with Crippen LogP contribution in [0.4, 0.5) is 5.69 Å². The third-order valence-electron chi connectivity index (χ3n) is 3.04. The quantitative estimate of drug-likeness (QED) is 0.879. The average molecular weight is 285 g/mol. The highest BCUT2D eigenvalue weighted by atomic mass is 16.5. The zero-order valence-corrected chi connectivity index (χ0v) is 12.2. The van der Waals surface area contributed by atoms with Crippen molar-refractivity contribution in [3.05, 3.63) is 53.6 Å². The Hall–Kier alpha value is -2.49. The number of hydrogen-bond donors (Lipinski definition) is 2. The smallest absolute Gasteiger partial charge is 0.255 e. The summed E-state index contributed by atoms with van der Waals surface area (Å²) in [5, 5.41) is 12.4. The molecule has 2 aromatic carbocycles. The van der Waals surface area contributed by atoms with Gasteiger partial charge in [0, 0.05) is 17.3 Å². The van der Waals surface area contributed by atoms with E-state index in [0.29, 0.717) is 23.6 Å². The third-order valence-corrected chi connectivity index (χ3v) is 3.04. The molecule has 0 radical (unpaired) electrons. The molecule has 0 saturated carbocycles. The molecule has 21 heavy (non-hydrogen) atoms. The van der Waals surface area contributed by atoms with Gasteiger partial charge in [0.15, 0.2) is 0 Å². The monoisotopic (exact) mass is 285 g/mol. The molecule has 0 aromatic heterocycles. The SMILES string of the molecule is CCCOc1cccc(C(=O)Nc2ccc(C)c(O)c2)c1. The Kier molecular flexibility index (Phi) is 4.82. The minimum absolute atomic E-state index is 0.160. The number of amides is 1. The Morgan fingerprint density at radius 1 is 1.24 bits per heavy atom. The lowest BCUT2D eigenvalue weighted by molar-refractivity contribution is 0.102. The maximum atomic E-state index is 12.2. The Balaban J connectivity index is 2.10. The maximum Gasteiger partial charge on any atom is 0.255 e. The predicted octanol–water partition coefficient (Wildman–Crippen LogP) is 3.74. The lowest BCUT2D eigenvalue weighted by Gasteiger charge is -2.09. The number of carbonyl (C=O) groups excluding carboxylic acids is 1. The van der Waals surface area contributed by atoms with Crippen LogP contribution in [0.15, 0.2) is 42.5 Å². The van der Waals surface area contributed by atoms with Crippen molar-refractivity contribution in [2.75, 3.05) is 11.9 Å². The van der Waals surface area contributed by atoms with Crippen LogP contribution in [0, 0.1) is 6.92 Å². The van der Waals surface area contributed by atoms with Gasteiger partial charge in [0.2, 0.25) is 0 Å². The molecule has 1 amide bonds. The summed E-state index contributed by atoms with van der Waals surface area (Å²) < 4.78 is 5.51. The molecule has 2 rings (SSSR count). The minimum atomic E-state index is -0.236. The van der Waals surface area contributed by atoms with Crippen LogP contribution in [0.25, 0.3) is 0 Å². The summed E-state index contributed by atoms with van der Waals surface area (Å²) in [5.74, 6) is 0.601. The van der Waals surface area contributed by atoms with Crippen molar-refractivity contribution < 1.29 is 14.6 Å². The zero-order valence-electron chi connectivity index (χ0n) is 12.2. The summed E-state index contributed by atoms with van der Waals surface area (Å²) in [7, 11) is 0. The van der Waals surface area contributed by atoms with Gasteiger partial charge in [-0.15, -0.1) is 0 Å². The highest BCUT2D eigenvalue weighted by molar-refractivity contribution is 6.04. The first kappa shape index (κ1) is 14.9. The number of nitrogens with one attached hydrogen (secondary N) is 1. The van der Waals surface area contributed by atoms with Crippen LogP contribution in [0.5, 0.6) is 11.5 Å². The first-order valence-electron chi connectivity index (χ1n) is 6.94. The van der Waals surface area contributed by atoms with E-state index in [9.17, 15) is 9.90 Å². The normalized spacial score (nSPS) is 10.2. The molecule has 2 N–H and O–H groups in total. The molecule has 110 valence electrons. The summed E-state index contributed by atoms with van der Waals surface area (Å²) in [6, 6.07) is 12.1. The van der Waals surface area contributed by atoms with Crippen molar-refractivity contribution in [1.82, 2.24) is 0 Å². The highest BCUT2D eigenvalue weighted by Gasteiger charge is 2.08. The van der Waals surface area contributed by atoms with Crippen LogP contribution in [0.2, 0.25) is 0 Å². The van der Waals surface area contributed by atoms with Gasteiger partial charge in [0.05, 0.1) is 6.61 Å². The second-order valence-corrected chi connectivity index (χ2v) is 4.83. The van der Waals surface area contributed by atoms with Gasteiger partial charge in [-0.2, -0.15) is 0 Å². The second-order valence-electron chi connectivity index (χ2n) is 4.83. The fraction of sp³-hybridized carbons (Fsp3) is 0.235. The average Bonchev–Trinajstić information content (AvgIpc) is 2.49. The molecule has 0 bridgehead atoms. The van der Waals surface area contributed by atoms with E-state index >= 15 is 0 Å². The fourth-order valence-electron chi connectivity index (χ4n) is 1.84. The number of anilines is 1. The molecular formula is C17H19NO3. The summed E-state index contributed by atoms with van der Waals surface area (Å²) >= 11 is 0. The third kappa shape index (κ3) is 3.99. The molecular weight excluding hydrogens is 266 g/mol. The number of aryl methyl sites for hydroxylation is 1. The lowest BCUT2D eigenvalue weighted by Crippen LogP contribution is -2.12. The molecule has 4 heteroatoms. The zero-order chi connectivity index (χ0) is 15.2. The predicted molar refractivity (Wildman–Crippen MR) is 83.0 cm³/mol. The summed E-state index contributed by atoms with van der Waals surface area (Å²) in [6.07, 6.45) is 0.916. The molecule has 0 aliphatic carbocycles. The Morgan fingerprint density at radius 3 is 2.76 bits per heavy atom. The number of benzene rings is 2. The van der Waals surface area contributed by atoms with E-state index in [1.807, 2.05) is 13.0 Å². The van der Waals surface area contributed by atoms with Crippen LogP contribution in [-0.4, -0.2) is 17.6 Å². The number of phenols is 1. The van der Waals surface area contributed by atoms with E-state index in [-0.39, 0.29) is 11.7 Å². The standard InChI is InChI=1S/C17H19NO3/c1-3-9-21-15-6-4-5-13(10-15)17(20)18-14-8-7-12(2)16(19)11-14/h4-8,10-11,19H,3,9H2,1-2H3,(H,18,20). The summed E-state index contributed by atoms with van der Waals surface area (Å²) in [4.78, 5) is 12.2. The summed E-state index contributed by atoms with van der Waals surface area (Å²) in [5.41, 5.74) is 1.84. The van der Waals surface area contributed by atoms with Gasteiger partial charge in [0.1, 0.15) is 11.5 Å². The molecule has 4 nitrogen and oxygen atoms in total. The van der Waals surface area contributed by atoms with Gasteiger partial charge in [-0.25, -0.2) is 0 Å². The van der Waals surface area contributed by atoms with Crippen LogP contribution in [-0.2, 0) is 0 Å². The van der Waals surface area contributed by atoms with Gasteiger partial charge in [0.25, 0.3) is 5.91 Å². The fourth-order valence-corrected chi connectivity index (χ4v) is 1.84. The molecule has 0 aliphatic rings. The Morgan fingerprint density at radius 2 is 2.05 bits per heavy atom. The van der Waals surface area contributed by atoms with Crippen LogP contribution < -0.4 is 10.1 Å². The van der Waals surface area contributed by atoms with Crippen LogP contribution >= 0.6 is 0 Å². The molecule has 2 aromatic rings. The van der Waals surface area contributed by atoms with Crippen LogP contribution in [0.3, 0.4) is 0 Å². The van der Waals surface area contributed by atoms with E-state index in [4.69, 9.17) is 4.74 Å². The molecule has 0 unspecified atom stereocenters. The van der Waals surface area contributed by atoms with Gasteiger partial charge in [-0.3, -0.25) is 4.79 Å². The maximum absolute atomic E-state index is 12.2. The van der Waals surface area contributed by atoms with E-state index < -0.39 is 0 Å². The van der Waals surface area contributed by atoms with E-state index in [1.54, 1.807) is 37.3 Å². The molecule has 0 fully saturated rings. The van der Waals surface area contributed by atoms with Gasteiger partial charge < -0.3 is 15.2 Å². The van der Waals surface area contributed by atoms with Crippen molar-refractivity contribution in [2.24, 2.45) is 0 Å². The van der Waals surface area contributed by atoms with Crippen molar-refractivity contribution in [2.45, 2.75) is 20.3 Å². The lowest BCUT2D eigenvalue weighted by atomic mass is 10.1. The number of phenolic OH excluding ortho intramolecular Hbond substituents is 1. The van der Waals surface area contributed by atoms with Gasteiger partial charge in [-0.1, -0.05) is 19.1 Å². The summed E-state index contributed by atoms with van der Waals surface area (Å²) in [6.45, 7) is 4.45. The number of ether oxygens (including phenoxy) is 1. The highest BCUT2D eigenvalue weighted by Crippen LogP contribution is 2.22. The number of aromatic hydroxyl groups is 1. The van der Waals surface area contributed by atoms with Crippen molar-refractivity contribution in [3.8, 4) is 11.5 Å². The van der Waals surface area contributed by atoms with Gasteiger partial charge >= 0.3 is 0 Å². The molecule has 0 heterocycles. The minimum Gasteiger partial charge on any atom is -0.508 e. The Bertz CT molecular complexity index is 638. The van der Waals surface area contributed by atoms with E-state index in [0.717, 1.165) is 12.0 Å². The second kappa shape index (κ2) is 6.79. The number of rotatable bonds is 5. The first-order chi connectivity index (χ1) is 10.1. The van der Waals surface area contributed by atoms with Crippen molar-refractivity contribution >= 4 is 11.6 Å². The molecule has 0 saturated heterocycles. The largest absolute Gasteiger partial charge is 0.508 e. The number of hydrogen-bond acceptors (Lipinski definition) is 3. The van der Waals surface area contributed by atoms with E-state index in [1.165, 1.54) is 6.07 Å². The van der Waals surface area contributed by atoms with Crippen molar-refractivity contribution in [1.29, 1.82) is 0 Å². The van der Waals surface area contributed by atoms with Crippen LogP contribution in [0.1, 0.15) is 29.3 Å².